The second kappa shape index (κ2) is 10.6. The van der Waals surface area contributed by atoms with Crippen LogP contribution in [0.25, 0.3) is 0 Å². The molecule has 0 aliphatic carbocycles. The first-order valence-corrected chi connectivity index (χ1v) is 13.5. The number of rotatable bonds is 6. The van der Waals surface area contributed by atoms with Gasteiger partial charge in [-0.1, -0.05) is 65.8 Å². The van der Waals surface area contributed by atoms with Crippen LogP contribution in [-0.2, 0) is 23.7 Å². The summed E-state index contributed by atoms with van der Waals surface area (Å²) in [5.74, 6) is -2.89. The second-order valence-corrected chi connectivity index (χ2v) is 12.9. The molecule has 214 valence electrons. The molecule has 0 saturated heterocycles. The molecule has 0 spiro atoms. The Kier molecular flexibility index (Phi) is 8.18. The Hall–Kier alpha value is -3.80. The fourth-order valence-electron chi connectivity index (χ4n) is 5.54. The molecule has 3 rings (SSSR count). The van der Waals surface area contributed by atoms with Crippen molar-refractivity contribution in [2.75, 3.05) is 0 Å². The zero-order chi connectivity index (χ0) is 30.5. The molecule has 3 aromatic rings. The van der Waals surface area contributed by atoms with Crippen molar-refractivity contribution >= 4 is 11.9 Å². The Morgan fingerprint density at radius 3 is 1.48 bits per heavy atom. The van der Waals surface area contributed by atoms with E-state index < -0.39 is 23.1 Å². The van der Waals surface area contributed by atoms with E-state index in [1.807, 2.05) is 74.4 Å². The number of phenols is 2. The van der Waals surface area contributed by atoms with Crippen molar-refractivity contribution in [1.29, 1.82) is 0 Å². The summed E-state index contributed by atoms with van der Waals surface area (Å²) in [5.41, 5.74) is 5.62. The minimum atomic E-state index is -1.61. The third kappa shape index (κ3) is 5.72. The van der Waals surface area contributed by atoms with E-state index in [9.17, 15) is 30.0 Å². The zero-order valence-electron chi connectivity index (χ0n) is 25.3. The molecule has 6 nitrogen and oxygen atoms in total. The molecule has 0 aliphatic rings. The maximum atomic E-state index is 12.4. The van der Waals surface area contributed by atoms with Crippen LogP contribution in [-0.4, -0.2) is 22.2 Å². The highest BCUT2D eigenvalue weighted by molar-refractivity contribution is 6.01. The normalized spacial score (nSPS) is 12.1. The molecule has 0 fully saturated rings. The lowest BCUT2D eigenvalue weighted by Crippen LogP contribution is -2.32. The van der Waals surface area contributed by atoms with Crippen molar-refractivity contribution < 1.29 is 30.0 Å². The summed E-state index contributed by atoms with van der Waals surface area (Å²) in [6, 6.07) is 6.70. The molecule has 0 heterocycles. The molecule has 0 bridgehead atoms. The van der Waals surface area contributed by atoms with E-state index in [4.69, 9.17) is 0 Å². The number of aryl methyl sites for hydroxylation is 2. The largest absolute Gasteiger partial charge is 0.545 e. The van der Waals surface area contributed by atoms with Gasteiger partial charge in [-0.05, 0) is 107 Å². The van der Waals surface area contributed by atoms with E-state index in [2.05, 4.69) is 0 Å². The van der Waals surface area contributed by atoms with Gasteiger partial charge in [0.15, 0.2) is 0 Å². The molecule has 0 aliphatic heterocycles. The Morgan fingerprint density at radius 2 is 1.10 bits per heavy atom. The van der Waals surface area contributed by atoms with Crippen LogP contribution < -0.4 is 10.2 Å². The molecular weight excluding hydrogens is 504 g/mol. The second-order valence-electron chi connectivity index (χ2n) is 12.9. The lowest BCUT2D eigenvalue weighted by atomic mass is 9.79. The van der Waals surface area contributed by atoms with Gasteiger partial charge in [0.2, 0.25) is 0 Å². The standard InChI is InChI=1S/C34H42O6/c1-17-13-26(33(5,6)7)29(35)19(3)23(17)15-21-11-12-22(31(37)38)28(32(39)40)25(21)16-24-18(2)14-27(34(8,9)10)30(36)20(24)4/h11-14,35-36H,15-16H2,1-10H3,(H,37,38)(H,39,40)/p-2. The maximum absolute atomic E-state index is 12.4. The van der Waals surface area contributed by atoms with Crippen molar-refractivity contribution in [3.05, 3.63) is 91.0 Å². The van der Waals surface area contributed by atoms with Gasteiger partial charge in [0.1, 0.15) is 11.5 Å². The van der Waals surface area contributed by atoms with Gasteiger partial charge in [0.05, 0.1) is 11.9 Å². The highest BCUT2D eigenvalue weighted by atomic mass is 16.4. The third-order valence-corrected chi connectivity index (χ3v) is 7.97. The topological polar surface area (TPSA) is 121 Å². The van der Waals surface area contributed by atoms with Gasteiger partial charge in [-0.3, -0.25) is 0 Å². The number of hydrogen-bond donors (Lipinski definition) is 2. The third-order valence-electron chi connectivity index (χ3n) is 7.97. The van der Waals surface area contributed by atoms with E-state index in [0.717, 1.165) is 27.8 Å². The molecule has 40 heavy (non-hydrogen) atoms. The summed E-state index contributed by atoms with van der Waals surface area (Å²) < 4.78 is 0. The molecule has 6 heteroatoms. The van der Waals surface area contributed by atoms with E-state index in [-0.39, 0.29) is 40.7 Å². The Bertz CT molecular complexity index is 1510. The zero-order valence-corrected chi connectivity index (χ0v) is 25.3. The summed E-state index contributed by atoms with van der Waals surface area (Å²) in [4.78, 5) is 24.4. The number of carbonyl (C=O) groups excluding carboxylic acids is 2. The number of aromatic carboxylic acids is 2. The number of hydrogen-bond acceptors (Lipinski definition) is 6. The summed E-state index contributed by atoms with van der Waals surface area (Å²) in [5, 5.41) is 46.5. The summed E-state index contributed by atoms with van der Waals surface area (Å²) >= 11 is 0. The highest BCUT2D eigenvalue weighted by Crippen LogP contribution is 2.40. The Balaban J connectivity index is 2.31. The van der Waals surface area contributed by atoms with Crippen molar-refractivity contribution in [3.8, 4) is 11.5 Å². The first-order valence-electron chi connectivity index (χ1n) is 13.5. The van der Waals surface area contributed by atoms with E-state index >= 15 is 0 Å². The molecule has 0 radical (unpaired) electrons. The first-order chi connectivity index (χ1) is 18.3. The van der Waals surface area contributed by atoms with Gasteiger partial charge in [-0.25, -0.2) is 0 Å². The Morgan fingerprint density at radius 1 is 0.675 bits per heavy atom. The van der Waals surface area contributed by atoms with E-state index in [1.165, 1.54) is 6.07 Å². The van der Waals surface area contributed by atoms with Crippen LogP contribution in [0.3, 0.4) is 0 Å². The van der Waals surface area contributed by atoms with Crippen LogP contribution in [0.4, 0.5) is 0 Å². The predicted molar refractivity (Wildman–Crippen MR) is 153 cm³/mol. The van der Waals surface area contributed by atoms with Gasteiger partial charge in [0, 0.05) is 11.1 Å². The minimum Gasteiger partial charge on any atom is -0.545 e. The number of carboxylic acids is 2. The van der Waals surface area contributed by atoms with Gasteiger partial charge in [0.25, 0.3) is 0 Å². The van der Waals surface area contributed by atoms with Crippen LogP contribution in [0.2, 0.25) is 0 Å². The average molecular weight is 545 g/mol. The van der Waals surface area contributed by atoms with Crippen LogP contribution in [0.5, 0.6) is 11.5 Å². The smallest absolute Gasteiger partial charge is 0.122 e. The van der Waals surface area contributed by atoms with Crippen LogP contribution in [0, 0.1) is 27.7 Å². The lowest BCUT2D eigenvalue weighted by Gasteiger charge is -2.27. The predicted octanol–water partition coefficient (Wildman–Crippen LogP) is 4.84. The van der Waals surface area contributed by atoms with Gasteiger partial charge in [-0.15, -0.1) is 0 Å². The number of carbonyl (C=O) groups is 2. The Labute approximate surface area is 237 Å². The summed E-state index contributed by atoms with van der Waals surface area (Å²) in [6.45, 7) is 19.5. The summed E-state index contributed by atoms with van der Waals surface area (Å²) in [7, 11) is 0. The van der Waals surface area contributed by atoms with Gasteiger partial charge < -0.3 is 30.0 Å². The van der Waals surface area contributed by atoms with E-state index in [1.54, 1.807) is 13.0 Å². The van der Waals surface area contributed by atoms with Gasteiger partial charge in [-0.2, -0.15) is 0 Å². The number of benzene rings is 3. The first kappa shape index (κ1) is 30.7. The lowest BCUT2D eigenvalue weighted by molar-refractivity contribution is -0.259. The summed E-state index contributed by atoms with van der Waals surface area (Å²) in [6.07, 6.45) is 0.336. The monoisotopic (exact) mass is 544 g/mol. The van der Waals surface area contributed by atoms with Crippen molar-refractivity contribution in [2.45, 2.75) is 92.9 Å². The minimum absolute atomic E-state index is 0.0690. The van der Waals surface area contributed by atoms with Crippen LogP contribution >= 0.6 is 0 Å². The molecule has 0 amide bonds. The molecule has 0 aromatic heterocycles. The van der Waals surface area contributed by atoms with Gasteiger partial charge >= 0.3 is 0 Å². The SMILES string of the molecule is Cc1cc(C(C)(C)C)c(O)c(C)c1Cc1ccc(C(=O)[O-])c(C(=O)[O-])c1Cc1c(C)cc(C(C)(C)C)c(O)c1C. The quantitative estimate of drug-likeness (QED) is 0.458. The van der Waals surface area contributed by atoms with E-state index in [0.29, 0.717) is 22.3 Å². The molecule has 0 atom stereocenters. The molecule has 3 aromatic carbocycles. The average Bonchev–Trinajstić information content (AvgIpc) is 2.82. The maximum Gasteiger partial charge on any atom is 0.122 e. The molecule has 0 unspecified atom stereocenters. The molecular formula is C34H40O6-2. The number of carboxylic acid groups (broad SMARTS) is 2. The molecule has 2 N–H and O–H groups in total. The number of aromatic hydroxyl groups is 2. The van der Waals surface area contributed by atoms with Crippen molar-refractivity contribution in [3.63, 3.8) is 0 Å². The van der Waals surface area contributed by atoms with Crippen LogP contribution in [0.1, 0.15) is 118 Å². The number of phenolic OH excluding ortho intramolecular Hbond substituents is 2. The van der Waals surface area contributed by atoms with Crippen molar-refractivity contribution in [1.82, 2.24) is 0 Å². The van der Waals surface area contributed by atoms with Crippen LogP contribution in [0.15, 0.2) is 24.3 Å². The highest BCUT2D eigenvalue weighted by Gasteiger charge is 2.26. The molecule has 0 saturated carbocycles. The van der Waals surface area contributed by atoms with Crippen molar-refractivity contribution in [2.24, 2.45) is 0 Å². The fraction of sp³-hybridized carbons (Fsp3) is 0.412. The fourth-order valence-corrected chi connectivity index (χ4v) is 5.54.